The normalized spacial score (nSPS) is 25.8. The van der Waals surface area contributed by atoms with Crippen LogP contribution in [0.5, 0.6) is 0 Å². The molecular weight excluding hydrogens is 282 g/mol. The Morgan fingerprint density at radius 3 is 2.41 bits per heavy atom. The van der Waals surface area contributed by atoms with Gasteiger partial charge in [-0.15, -0.1) is 0 Å². The lowest BCUT2D eigenvalue weighted by molar-refractivity contribution is -0.138. The summed E-state index contributed by atoms with van der Waals surface area (Å²) in [5, 5.41) is 2.51. The number of halogens is 1. The van der Waals surface area contributed by atoms with Crippen LogP contribution in [0, 0.1) is 5.41 Å². The predicted octanol–water partition coefficient (Wildman–Crippen LogP) is 2.36. The van der Waals surface area contributed by atoms with E-state index in [-0.39, 0.29) is 23.1 Å². The SMILES string of the molecule is O=C1NC(=O)C2(CC2)CC1c1ccc(Br)cc1. The molecular formula is C13H12BrNO2. The third-order valence-electron chi connectivity index (χ3n) is 3.76. The molecule has 1 aliphatic carbocycles. The van der Waals surface area contributed by atoms with Gasteiger partial charge in [-0.2, -0.15) is 0 Å². The van der Waals surface area contributed by atoms with E-state index in [2.05, 4.69) is 21.2 Å². The number of hydrogen-bond acceptors (Lipinski definition) is 2. The Morgan fingerprint density at radius 2 is 1.82 bits per heavy atom. The molecule has 3 nitrogen and oxygen atoms in total. The van der Waals surface area contributed by atoms with E-state index >= 15 is 0 Å². The van der Waals surface area contributed by atoms with Crippen LogP contribution < -0.4 is 5.32 Å². The maximum atomic E-state index is 11.9. The highest BCUT2D eigenvalue weighted by Gasteiger charge is 2.55. The maximum absolute atomic E-state index is 11.9. The molecule has 1 saturated carbocycles. The predicted molar refractivity (Wildman–Crippen MR) is 66.3 cm³/mol. The molecule has 1 N–H and O–H groups in total. The Morgan fingerprint density at radius 1 is 1.18 bits per heavy atom. The third kappa shape index (κ3) is 1.80. The molecule has 1 atom stereocenters. The van der Waals surface area contributed by atoms with Gasteiger partial charge in [-0.05, 0) is 37.0 Å². The molecule has 0 aromatic heterocycles. The van der Waals surface area contributed by atoms with E-state index in [1.54, 1.807) is 0 Å². The van der Waals surface area contributed by atoms with E-state index in [4.69, 9.17) is 0 Å². The monoisotopic (exact) mass is 293 g/mol. The lowest BCUT2D eigenvalue weighted by Gasteiger charge is -2.27. The Hall–Kier alpha value is -1.16. The third-order valence-corrected chi connectivity index (χ3v) is 4.28. The number of hydrogen-bond donors (Lipinski definition) is 1. The molecule has 1 aromatic rings. The van der Waals surface area contributed by atoms with Gasteiger partial charge in [-0.25, -0.2) is 0 Å². The Kier molecular flexibility index (Phi) is 2.36. The lowest BCUT2D eigenvalue weighted by Crippen LogP contribution is -2.46. The fourth-order valence-corrected chi connectivity index (χ4v) is 2.72. The van der Waals surface area contributed by atoms with Gasteiger partial charge in [-0.1, -0.05) is 28.1 Å². The van der Waals surface area contributed by atoms with Crippen LogP contribution in [0.3, 0.4) is 0 Å². The van der Waals surface area contributed by atoms with Crippen molar-refractivity contribution in [2.45, 2.75) is 25.2 Å². The smallest absolute Gasteiger partial charge is 0.234 e. The molecule has 1 spiro atoms. The molecule has 3 rings (SSSR count). The molecule has 0 radical (unpaired) electrons. The minimum Gasteiger partial charge on any atom is -0.295 e. The van der Waals surface area contributed by atoms with Crippen LogP contribution in [0.4, 0.5) is 0 Å². The zero-order valence-electron chi connectivity index (χ0n) is 9.20. The number of piperidine rings is 1. The standard InChI is InChI=1S/C13H12BrNO2/c14-9-3-1-8(2-4-9)10-7-13(5-6-13)12(17)15-11(10)16/h1-4,10H,5-7H2,(H,15,16,17). The first-order chi connectivity index (χ1) is 8.11. The number of carbonyl (C=O) groups excluding carboxylic acids is 2. The molecule has 4 heteroatoms. The van der Waals surface area contributed by atoms with E-state index in [1.807, 2.05) is 24.3 Å². The summed E-state index contributed by atoms with van der Waals surface area (Å²) in [4.78, 5) is 23.5. The summed E-state index contributed by atoms with van der Waals surface area (Å²) in [6.07, 6.45) is 2.50. The Balaban J connectivity index is 1.90. The van der Waals surface area contributed by atoms with Crippen molar-refractivity contribution < 1.29 is 9.59 Å². The molecule has 2 amide bonds. The molecule has 0 bridgehead atoms. The summed E-state index contributed by atoms with van der Waals surface area (Å²) in [5.41, 5.74) is 0.746. The van der Waals surface area contributed by atoms with Crippen molar-refractivity contribution in [2.24, 2.45) is 5.41 Å². The fourth-order valence-electron chi connectivity index (χ4n) is 2.45. The number of nitrogens with one attached hydrogen (secondary N) is 1. The topological polar surface area (TPSA) is 46.2 Å². The molecule has 1 heterocycles. The number of imide groups is 1. The van der Waals surface area contributed by atoms with Gasteiger partial charge in [0.1, 0.15) is 0 Å². The van der Waals surface area contributed by atoms with Crippen LogP contribution >= 0.6 is 15.9 Å². The second-order valence-electron chi connectivity index (χ2n) is 4.91. The first-order valence-electron chi connectivity index (χ1n) is 5.71. The fraction of sp³-hybridized carbons (Fsp3) is 0.385. The van der Waals surface area contributed by atoms with Gasteiger partial charge in [-0.3, -0.25) is 14.9 Å². The molecule has 1 saturated heterocycles. The minimum atomic E-state index is -0.244. The molecule has 2 aliphatic rings. The second-order valence-corrected chi connectivity index (χ2v) is 5.82. The Labute approximate surface area is 108 Å². The summed E-state index contributed by atoms with van der Waals surface area (Å²) in [7, 11) is 0. The van der Waals surface area contributed by atoms with Crippen molar-refractivity contribution >= 4 is 27.7 Å². The van der Waals surface area contributed by atoms with Gasteiger partial charge in [0.25, 0.3) is 0 Å². The molecule has 17 heavy (non-hydrogen) atoms. The van der Waals surface area contributed by atoms with Crippen molar-refractivity contribution in [1.29, 1.82) is 0 Å². The molecule has 1 aromatic carbocycles. The van der Waals surface area contributed by atoms with Crippen LogP contribution in [0.1, 0.15) is 30.7 Å². The summed E-state index contributed by atoms with van der Waals surface area (Å²) in [6, 6.07) is 7.75. The van der Waals surface area contributed by atoms with Crippen molar-refractivity contribution in [3.63, 3.8) is 0 Å². The van der Waals surface area contributed by atoms with Crippen molar-refractivity contribution in [3.8, 4) is 0 Å². The molecule has 1 aliphatic heterocycles. The first kappa shape index (κ1) is 11.0. The van der Waals surface area contributed by atoms with E-state index in [9.17, 15) is 9.59 Å². The highest BCUT2D eigenvalue weighted by atomic mass is 79.9. The van der Waals surface area contributed by atoms with Crippen LogP contribution in [-0.2, 0) is 9.59 Å². The van der Waals surface area contributed by atoms with E-state index in [0.717, 1.165) is 22.9 Å². The van der Waals surface area contributed by atoms with Crippen molar-refractivity contribution in [1.82, 2.24) is 5.32 Å². The number of rotatable bonds is 1. The van der Waals surface area contributed by atoms with Gasteiger partial charge in [0.05, 0.1) is 11.3 Å². The van der Waals surface area contributed by atoms with Gasteiger partial charge < -0.3 is 0 Å². The average molecular weight is 294 g/mol. The van der Waals surface area contributed by atoms with Gasteiger partial charge in [0, 0.05) is 4.47 Å². The minimum absolute atomic E-state index is 0.0733. The van der Waals surface area contributed by atoms with Gasteiger partial charge in [0.2, 0.25) is 11.8 Å². The van der Waals surface area contributed by atoms with Crippen LogP contribution in [0.25, 0.3) is 0 Å². The summed E-state index contributed by atoms with van der Waals surface area (Å²) < 4.78 is 0.995. The molecule has 2 fully saturated rings. The van der Waals surface area contributed by atoms with Gasteiger partial charge >= 0.3 is 0 Å². The van der Waals surface area contributed by atoms with E-state index in [0.29, 0.717) is 6.42 Å². The highest BCUT2D eigenvalue weighted by Crippen LogP contribution is 2.54. The lowest BCUT2D eigenvalue weighted by atomic mass is 9.82. The number of carbonyl (C=O) groups is 2. The van der Waals surface area contributed by atoms with Crippen molar-refractivity contribution in [2.75, 3.05) is 0 Å². The number of amides is 2. The highest BCUT2D eigenvalue weighted by molar-refractivity contribution is 9.10. The summed E-state index contributed by atoms with van der Waals surface area (Å²) in [6.45, 7) is 0. The van der Waals surface area contributed by atoms with Crippen LogP contribution in [-0.4, -0.2) is 11.8 Å². The van der Waals surface area contributed by atoms with Crippen LogP contribution in [0.15, 0.2) is 28.7 Å². The first-order valence-corrected chi connectivity index (χ1v) is 6.51. The zero-order valence-corrected chi connectivity index (χ0v) is 10.8. The summed E-state index contributed by atoms with van der Waals surface area (Å²) in [5.74, 6) is -0.408. The molecule has 88 valence electrons. The quantitative estimate of drug-likeness (QED) is 0.808. The van der Waals surface area contributed by atoms with E-state index in [1.165, 1.54) is 0 Å². The second kappa shape index (κ2) is 3.67. The molecule has 1 unspecified atom stereocenters. The maximum Gasteiger partial charge on any atom is 0.234 e. The largest absolute Gasteiger partial charge is 0.295 e. The summed E-state index contributed by atoms with van der Waals surface area (Å²) >= 11 is 3.37. The average Bonchev–Trinajstić information content (AvgIpc) is 3.07. The Bertz CT molecular complexity index is 491. The van der Waals surface area contributed by atoms with Crippen LogP contribution in [0.2, 0.25) is 0 Å². The van der Waals surface area contributed by atoms with E-state index < -0.39 is 0 Å². The zero-order chi connectivity index (χ0) is 12.0. The number of benzene rings is 1. The van der Waals surface area contributed by atoms with Crippen molar-refractivity contribution in [3.05, 3.63) is 34.3 Å². The van der Waals surface area contributed by atoms with Gasteiger partial charge in [0.15, 0.2) is 0 Å².